The number of hydrogen-bond donors (Lipinski definition) is 2. The van der Waals surface area contributed by atoms with Gasteiger partial charge in [-0.3, -0.25) is 5.10 Å². The Balaban J connectivity index is 1.90. The summed E-state index contributed by atoms with van der Waals surface area (Å²) in [5.41, 5.74) is 0.461. The maximum Gasteiger partial charge on any atom is 0.356 e. The fourth-order valence-corrected chi connectivity index (χ4v) is 1.46. The van der Waals surface area contributed by atoms with E-state index in [9.17, 15) is 13.6 Å². The molecule has 5 nitrogen and oxygen atoms in total. The molecule has 0 aliphatic rings. The average molecular weight is 268 g/mol. The Morgan fingerprint density at radius 2 is 2.16 bits per heavy atom. The second kappa shape index (κ2) is 5.47. The third-order valence-electron chi connectivity index (χ3n) is 2.37. The Labute approximate surface area is 106 Å². The topological polar surface area (TPSA) is 75.2 Å². The monoisotopic (exact) mass is 268 g/mol. The molecule has 2 aromatic rings. The molecule has 0 aliphatic carbocycles. The van der Waals surface area contributed by atoms with E-state index in [1.54, 1.807) is 0 Å². The Hall–Kier alpha value is -2.44. The van der Waals surface area contributed by atoms with Gasteiger partial charge in [-0.15, -0.1) is 0 Å². The molecule has 0 saturated carbocycles. The molecule has 1 aromatic carbocycles. The first-order valence-electron chi connectivity index (χ1n) is 5.41. The number of nitrogens with one attached hydrogen (secondary N) is 1. The van der Waals surface area contributed by atoms with Crippen molar-refractivity contribution in [1.82, 2.24) is 10.2 Å². The zero-order valence-electron chi connectivity index (χ0n) is 9.69. The molecule has 2 N–H and O–H groups in total. The van der Waals surface area contributed by atoms with Crippen LogP contribution in [0, 0.1) is 11.6 Å². The fraction of sp³-hybridized carbons (Fsp3) is 0.167. The first-order chi connectivity index (χ1) is 9.06. The highest BCUT2D eigenvalue weighted by Gasteiger charge is 2.09. The zero-order chi connectivity index (χ0) is 13.8. The Kier molecular flexibility index (Phi) is 3.74. The molecule has 1 heterocycles. The van der Waals surface area contributed by atoms with E-state index in [0.29, 0.717) is 12.1 Å². The van der Waals surface area contributed by atoms with Crippen molar-refractivity contribution in [2.24, 2.45) is 0 Å². The van der Waals surface area contributed by atoms with Crippen LogP contribution >= 0.6 is 0 Å². The molecule has 1 aromatic heterocycles. The second-order valence-corrected chi connectivity index (χ2v) is 3.76. The number of hydrogen-bond acceptors (Lipinski definition) is 3. The van der Waals surface area contributed by atoms with Gasteiger partial charge in [-0.05, 0) is 18.2 Å². The van der Waals surface area contributed by atoms with Crippen molar-refractivity contribution < 1.29 is 23.4 Å². The number of aromatic nitrogens is 2. The maximum atomic E-state index is 13.2. The minimum absolute atomic E-state index is 0.0561. The summed E-state index contributed by atoms with van der Waals surface area (Å²) in [6, 6.07) is 4.39. The summed E-state index contributed by atoms with van der Waals surface area (Å²) >= 11 is 0. The van der Waals surface area contributed by atoms with Crippen LogP contribution in [0.25, 0.3) is 0 Å². The lowest BCUT2D eigenvalue weighted by Crippen LogP contribution is -2.03. The number of rotatable bonds is 5. The molecule has 0 aliphatic heterocycles. The van der Waals surface area contributed by atoms with Crippen LogP contribution in [0.1, 0.15) is 16.2 Å². The van der Waals surface area contributed by atoms with Crippen molar-refractivity contribution in [1.29, 1.82) is 0 Å². The summed E-state index contributed by atoms with van der Waals surface area (Å²) < 4.78 is 31.0. The van der Waals surface area contributed by atoms with Crippen LogP contribution in [-0.2, 0) is 6.42 Å². The number of halogens is 2. The molecular formula is C12H10F2N2O3. The van der Waals surface area contributed by atoms with Crippen molar-refractivity contribution in [3.8, 4) is 5.75 Å². The van der Waals surface area contributed by atoms with Crippen LogP contribution in [0.2, 0.25) is 0 Å². The number of ether oxygens (including phenoxy) is 1. The average Bonchev–Trinajstić information content (AvgIpc) is 2.81. The van der Waals surface area contributed by atoms with Crippen molar-refractivity contribution in [3.05, 3.63) is 47.3 Å². The van der Waals surface area contributed by atoms with Crippen LogP contribution in [0.3, 0.4) is 0 Å². The summed E-state index contributed by atoms with van der Waals surface area (Å²) in [6.45, 7) is 0.115. The highest BCUT2D eigenvalue weighted by atomic mass is 19.1. The molecule has 0 bridgehead atoms. The number of carbonyl (C=O) groups is 1. The van der Waals surface area contributed by atoms with Gasteiger partial charge in [0.05, 0.1) is 6.61 Å². The smallest absolute Gasteiger partial charge is 0.356 e. The lowest BCUT2D eigenvalue weighted by atomic mass is 10.3. The number of carboxylic acids is 1. The van der Waals surface area contributed by atoms with E-state index in [0.717, 1.165) is 12.1 Å². The lowest BCUT2D eigenvalue weighted by molar-refractivity contribution is 0.0690. The van der Waals surface area contributed by atoms with Crippen LogP contribution in [0.4, 0.5) is 8.78 Å². The van der Waals surface area contributed by atoms with Gasteiger partial charge >= 0.3 is 5.97 Å². The van der Waals surface area contributed by atoms with Gasteiger partial charge in [0.25, 0.3) is 0 Å². The Bertz CT molecular complexity index is 598. The predicted molar refractivity (Wildman–Crippen MR) is 61.1 cm³/mol. The summed E-state index contributed by atoms with van der Waals surface area (Å²) in [5, 5.41) is 14.8. The molecule has 0 atom stereocenters. The number of aromatic carboxylic acids is 1. The van der Waals surface area contributed by atoms with Gasteiger partial charge in [-0.1, -0.05) is 0 Å². The van der Waals surface area contributed by atoms with Gasteiger partial charge in [0.1, 0.15) is 5.82 Å². The van der Waals surface area contributed by atoms with E-state index < -0.39 is 17.6 Å². The summed E-state index contributed by atoms with van der Waals surface area (Å²) in [4.78, 5) is 10.6. The van der Waals surface area contributed by atoms with Gasteiger partial charge in [0.15, 0.2) is 17.3 Å². The molecule has 0 amide bonds. The third kappa shape index (κ3) is 3.27. The van der Waals surface area contributed by atoms with E-state index in [1.807, 2.05) is 0 Å². The standard InChI is InChI=1S/C12H10F2N2O3/c13-7-1-2-11(9(14)5-7)19-4-3-8-6-10(12(17)18)16-15-8/h1-2,5-6H,3-4H2,(H,15,16)(H,17,18). The first kappa shape index (κ1) is 13.0. The van der Waals surface area contributed by atoms with Crippen LogP contribution < -0.4 is 4.74 Å². The number of nitrogens with zero attached hydrogens (tertiary/aromatic N) is 1. The zero-order valence-corrected chi connectivity index (χ0v) is 9.69. The Morgan fingerprint density at radius 1 is 1.37 bits per heavy atom. The van der Waals surface area contributed by atoms with E-state index in [4.69, 9.17) is 9.84 Å². The Morgan fingerprint density at radius 3 is 2.79 bits per heavy atom. The van der Waals surface area contributed by atoms with Gasteiger partial charge < -0.3 is 9.84 Å². The van der Waals surface area contributed by atoms with Crippen molar-refractivity contribution >= 4 is 5.97 Å². The number of H-pyrrole nitrogens is 1. The minimum Gasteiger partial charge on any atom is -0.490 e. The second-order valence-electron chi connectivity index (χ2n) is 3.76. The molecule has 7 heteroatoms. The van der Waals surface area contributed by atoms with Gasteiger partial charge in [-0.25, -0.2) is 13.6 Å². The molecule has 0 radical (unpaired) electrons. The number of benzene rings is 1. The van der Waals surface area contributed by atoms with E-state index in [-0.39, 0.29) is 18.1 Å². The summed E-state index contributed by atoms with van der Waals surface area (Å²) in [6.07, 6.45) is 0.330. The SMILES string of the molecule is O=C(O)c1cc(CCOc2ccc(F)cc2F)[nH]n1. The highest BCUT2D eigenvalue weighted by molar-refractivity contribution is 5.85. The fourth-order valence-electron chi connectivity index (χ4n) is 1.46. The molecule has 0 fully saturated rings. The van der Waals surface area contributed by atoms with Gasteiger partial charge in [-0.2, -0.15) is 5.10 Å². The van der Waals surface area contributed by atoms with E-state index in [1.165, 1.54) is 12.1 Å². The van der Waals surface area contributed by atoms with Crippen molar-refractivity contribution in [2.75, 3.05) is 6.61 Å². The molecule has 0 unspecified atom stereocenters. The largest absolute Gasteiger partial charge is 0.490 e. The number of carboxylic acid groups (broad SMARTS) is 1. The lowest BCUT2D eigenvalue weighted by Gasteiger charge is -2.05. The van der Waals surface area contributed by atoms with E-state index >= 15 is 0 Å². The molecule has 0 saturated heterocycles. The maximum absolute atomic E-state index is 13.2. The summed E-state index contributed by atoms with van der Waals surface area (Å²) in [5.74, 6) is -2.65. The van der Waals surface area contributed by atoms with Crippen LogP contribution in [0.5, 0.6) is 5.75 Å². The molecule has 100 valence electrons. The van der Waals surface area contributed by atoms with Crippen LogP contribution in [0.15, 0.2) is 24.3 Å². The van der Waals surface area contributed by atoms with Gasteiger partial charge in [0, 0.05) is 18.2 Å². The molecule has 2 rings (SSSR count). The summed E-state index contributed by atoms with van der Waals surface area (Å²) in [7, 11) is 0. The third-order valence-corrected chi connectivity index (χ3v) is 2.37. The minimum atomic E-state index is -1.13. The van der Waals surface area contributed by atoms with E-state index in [2.05, 4.69) is 10.2 Å². The van der Waals surface area contributed by atoms with Gasteiger partial charge in [0.2, 0.25) is 0 Å². The van der Waals surface area contributed by atoms with Crippen LogP contribution in [-0.4, -0.2) is 27.9 Å². The molecule has 19 heavy (non-hydrogen) atoms. The predicted octanol–water partition coefficient (Wildman–Crippen LogP) is 2.01. The van der Waals surface area contributed by atoms with Crippen molar-refractivity contribution in [3.63, 3.8) is 0 Å². The number of aromatic amines is 1. The first-order valence-corrected chi connectivity index (χ1v) is 5.41. The normalized spacial score (nSPS) is 10.4. The quantitative estimate of drug-likeness (QED) is 0.869. The van der Waals surface area contributed by atoms with Crippen molar-refractivity contribution in [2.45, 2.75) is 6.42 Å². The molecule has 0 spiro atoms. The highest BCUT2D eigenvalue weighted by Crippen LogP contribution is 2.17. The molecular weight excluding hydrogens is 258 g/mol.